The summed E-state index contributed by atoms with van der Waals surface area (Å²) in [5.74, 6) is 0.943. The Morgan fingerprint density at radius 2 is 1.76 bits per heavy atom. The molecule has 0 aromatic heterocycles. The number of Topliss-reactive ketones (excluding diaryl/α,β-unsaturated/α-hetero) is 1. The molecule has 0 spiro atoms. The molecule has 3 nitrogen and oxygen atoms in total. The van der Waals surface area contributed by atoms with Crippen LogP contribution in [0.1, 0.15) is 52.9 Å². The Hall–Kier alpha value is -0.410. The van der Waals surface area contributed by atoms with E-state index in [1.54, 1.807) is 0 Å². The Morgan fingerprint density at radius 1 is 1.12 bits per heavy atom. The molecule has 3 heteroatoms. The topological polar surface area (TPSA) is 52.3 Å². The number of carbonyl (C=O) groups is 1. The van der Waals surface area contributed by atoms with E-state index < -0.39 is 0 Å². The SMILES string of the molecule is CC(C)C[C@@H](C)C(=O)COCCCCCCN. The van der Waals surface area contributed by atoms with Crippen LogP contribution in [0.25, 0.3) is 0 Å². The van der Waals surface area contributed by atoms with Gasteiger partial charge in [0.2, 0.25) is 0 Å². The predicted octanol–water partition coefficient (Wildman–Crippen LogP) is 2.77. The number of carbonyl (C=O) groups excluding carboxylic acids is 1. The van der Waals surface area contributed by atoms with Crippen LogP contribution in [0, 0.1) is 11.8 Å². The minimum atomic E-state index is 0.132. The molecule has 102 valence electrons. The van der Waals surface area contributed by atoms with Crippen LogP contribution in [0.15, 0.2) is 0 Å². The van der Waals surface area contributed by atoms with Gasteiger partial charge in [0.1, 0.15) is 6.61 Å². The van der Waals surface area contributed by atoms with Gasteiger partial charge in [-0.1, -0.05) is 33.6 Å². The molecule has 17 heavy (non-hydrogen) atoms. The van der Waals surface area contributed by atoms with E-state index in [-0.39, 0.29) is 18.3 Å². The lowest BCUT2D eigenvalue weighted by molar-refractivity contribution is -0.127. The highest BCUT2D eigenvalue weighted by molar-refractivity contribution is 5.81. The third-order valence-electron chi connectivity index (χ3n) is 2.86. The molecule has 0 rings (SSSR count). The molecule has 0 fully saturated rings. The largest absolute Gasteiger partial charge is 0.374 e. The van der Waals surface area contributed by atoms with Crippen molar-refractivity contribution in [3.63, 3.8) is 0 Å². The number of ketones is 1. The van der Waals surface area contributed by atoms with Crippen molar-refractivity contribution in [1.29, 1.82) is 0 Å². The van der Waals surface area contributed by atoms with E-state index in [4.69, 9.17) is 10.5 Å². The van der Waals surface area contributed by atoms with Crippen LogP contribution >= 0.6 is 0 Å². The van der Waals surface area contributed by atoms with Crippen LogP contribution in [0.2, 0.25) is 0 Å². The van der Waals surface area contributed by atoms with Gasteiger partial charge in [-0.05, 0) is 31.7 Å². The second-order valence-electron chi connectivity index (χ2n) is 5.25. The van der Waals surface area contributed by atoms with Gasteiger partial charge >= 0.3 is 0 Å². The first-order chi connectivity index (χ1) is 8.07. The minimum absolute atomic E-state index is 0.132. The summed E-state index contributed by atoms with van der Waals surface area (Å²) in [7, 11) is 0. The van der Waals surface area contributed by atoms with Crippen molar-refractivity contribution < 1.29 is 9.53 Å². The van der Waals surface area contributed by atoms with Gasteiger partial charge in [0.25, 0.3) is 0 Å². The Morgan fingerprint density at radius 3 is 2.35 bits per heavy atom. The second-order valence-corrected chi connectivity index (χ2v) is 5.25. The van der Waals surface area contributed by atoms with Gasteiger partial charge in [-0.2, -0.15) is 0 Å². The maximum Gasteiger partial charge on any atom is 0.161 e. The van der Waals surface area contributed by atoms with Gasteiger partial charge in [0, 0.05) is 12.5 Å². The third-order valence-corrected chi connectivity index (χ3v) is 2.86. The van der Waals surface area contributed by atoms with Gasteiger partial charge in [-0.3, -0.25) is 4.79 Å². The molecule has 0 aromatic carbocycles. The van der Waals surface area contributed by atoms with Crippen LogP contribution in [-0.2, 0) is 9.53 Å². The first-order valence-electron chi connectivity index (χ1n) is 6.88. The van der Waals surface area contributed by atoms with E-state index in [2.05, 4.69) is 13.8 Å². The normalized spacial score (nSPS) is 13.0. The van der Waals surface area contributed by atoms with Crippen LogP contribution in [0.4, 0.5) is 0 Å². The minimum Gasteiger partial charge on any atom is -0.374 e. The zero-order chi connectivity index (χ0) is 13.1. The smallest absolute Gasteiger partial charge is 0.161 e. The molecule has 0 amide bonds. The second kappa shape index (κ2) is 10.7. The van der Waals surface area contributed by atoms with Crippen molar-refractivity contribution >= 4 is 5.78 Å². The molecule has 0 aromatic rings. The fourth-order valence-electron chi connectivity index (χ4n) is 1.86. The van der Waals surface area contributed by atoms with E-state index >= 15 is 0 Å². The fraction of sp³-hybridized carbons (Fsp3) is 0.929. The zero-order valence-electron chi connectivity index (χ0n) is 11.7. The maximum atomic E-state index is 11.7. The van der Waals surface area contributed by atoms with Crippen molar-refractivity contribution in [3.05, 3.63) is 0 Å². The number of hydrogen-bond donors (Lipinski definition) is 1. The van der Waals surface area contributed by atoms with E-state index in [1.807, 2.05) is 6.92 Å². The Bertz CT molecular complexity index is 193. The highest BCUT2D eigenvalue weighted by atomic mass is 16.5. The first-order valence-corrected chi connectivity index (χ1v) is 6.88. The molecular formula is C14H29NO2. The van der Waals surface area contributed by atoms with Gasteiger partial charge < -0.3 is 10.5 Å². The zero-order valence-corrected chi connectivity index (χ0v) is 11.7. The van der Waals surface area contributed by atoms with Crippen molar-refractivity contribution in [2.24, 2.45) is 17.6 Å². The fourth-order valence-corrected chi connectivity index (χ4v) is 1.86. The average molecular weight is 243 g/mol. The Labute approximate surface area is 106 Å². The highest BCUT2D eigenvalue weighted by Crippen LogP contribution is 2.12. The van der Waals surface area contributed by atoms with Crippen molar-refractivity contribution in [3.8, 4) is 0 Å². The molecule has 0 aliphatic carbocycles. The van der Waals surface area contributed by atoms with Crippen molar-refractivity contribution in [2.75, 3.05) is 19.8 Å². The summed E-state index contributed by atoms with van der Waals surface area (Å²) in [5, 5.41) is 0. The molecule has 0 aliphatic heterocycles. The first kappa shape index (κ1) is 16.6. The lowest BCUT2D eigenvalue weighted by Gasteiger charge is -2.12. The molecule has 0 radical (unpaired) electrons. The predicted molar refractivity (Wildman–Crippen MR) is 72.0 cm³/mol. The molecular weight excluding hydrogens is 214 g/mol. The summed E-state index contributed by atoms with van der Waals surface area (Å²) in [6.07, 6.45) is 5.39. The van der Waals surface area contributed by atoms with Gasteiger partial charge in [0.05, 0.1) is 0 Å². The lowest BCUT2D eigenvalue weighted by Crippen LogP contribution is -2.19. The van der Waals surface area contributed by atoms with Gasteiger partial charge in [0.15, 0.2) is 5.78 Å². The van der Waals surface area contributed by atoms with E-state index in [1.165, 1.54) is 0 Å². The highest BCUT2D eigenvalue weighted by Gasteiger charge is 2.14. The molecule has 0 bridgehead atoms. The third kappa shape index (κ3) is 10.5. The lowest BCUT2D eigenvalue weighted by atomic mass is 9.95. The van der Waals surface area contributed by atoms with E-state index in [0.717, 1.165) is 38.6 Å². The van der Waals surface area contributed by atoms with Crippen LogP contribution in [-0.4, -0.2) is 25.5 Å². The van der Waals surface area contributed by atoms with Crippen LogP contribution < -0.4 is 5.73 Å². The maximum absolute atomic E-state index is 11.7. The van der Waals surface area contributed by atoms with Crippen LogP contribution in [0.5, 0.6) is 0 Å². The summed E-state index contributed by atoms with van der Waals surface area (Å²) in [4.78, 5) is 11.7. The van der Waals surface area contributed by atoms with Gasteiger partial charge in [-0.25, -0.2) is 0 Å². The molecule has 0 saturated heterocycles. The summed E-state index contributed by atoms with van der Waals surface area (Å²) in [6.45, 7) is 8.03. The number of hydrogen-bond acceptors (Lipinski definition) is 3. The molecule has 0 heterocycles. The van der Waals surface area contributed by atoms with Gasteiger partial charge in [-0.15, -0.1) is 0 Å². The van der Waals surface area contributed by atoms with E-state index in [0.29, 0.717) is 12.5 Å². The Balaban J connectivity index is 3.38. The monoisotopic (exact) mass is 243 g/mol. The average Bonchev–Trinajstić information content (AvgIpc) is 2.26. The quantitative estimate of drug-likeness (QED) is 0.568. The number of unbranched alkanes of at least 4 members (excludes halogenated alkanes) is 3. The molecule has 0 aliphatic rings. The number of rotatable bonds is 11. The number of ether oxygens (including phenoxy) is 1. The summed E-state index contributed by atoms with van der Waals surface area (Å²) in [5.41, 5.74) is 5.41. The van der Waals surface area contributed by atoms with Crippen molar-refractivity contribution in [2.45, 2.75) is 52.9 Å². The Kier molecular flexibility index (Phi) is 10.5. The standard InChI is InChI=1S/C14H29NO2/c1-12(2)10-13(3)14(16)11-17-9-7-5-4-6-8-15/h12-13H,4-11,15H2,1-3H3/t13-/m1/s1. The molecule has 0 saturated carbocycles. The van der Waals surface area contributed by atoms with E-state index in [9.17, 15) is 4.79 Å². The van der Waals surface area contributed by atoms with Crippen LogP contribution in [0.3, 0.4) is 0 Å². The number of nitrogens with two attached hydrogens (primary N) is 1. The molecule has 0 unspecified atom stereocenters. The summed E-state index contributed by atoms with van der Waals surface area (Å²) < 4.78 is 5.40. The molecule has 2 N–H and O–H groups in total. The van der Waals surface area contributed by atoms with Crippen molar-refractivity contribution in [1.82, 2.24) is 0 Å². The molecule has 1 atom stereocenters. The summed E-state index contributed by atoms with van der Waals surface area (Å²) in [6, 6.07) is 0. The summed E-state index contributed by atoms with van der Waals surface area (Å²) >= 11 is 0.